The molecule has 0 radical (unpaired) electrons. The Morgan fingerprint density at radius 3 is 2.71 bits per heavy atom. The number of carbonyl (C=O) groups is 1. The third-order valence-electron chi connectivity index (χ3n) is 2.46. The van der Waals surface area contributed by atoms with Crippen molar-refractivity contribution in [3.05, 3.63) is 30.3 Å². The lowest BCUT2D eigenvalue weighted by Crippen LogP contribution is -2.30. The summed E-state index contributed by atoms with van der Waals surface area (Å²) in [6.07, 6.45) is 0.918. The third-order valence-corrected chi connectivity index (χ3v) is 2.46. The first-order chi connectivity index (χ1) is 8.24. The monoisotopic (exact) mass is 236 g/mol. The molecule has 1 amide bonds. The van der Waals surface area contributed by atoms with Gasteiger partial charge in [-0.25, -0.2) is 0 Å². The molecule has 1 N–H and O–H groups in total. The molecule has 1 aromatic carbocycles. The van der Waals surface area contributed by atoms with Crippen molar-refractivity contribution in [3.8, 4) is 0 Å². The lowest BCUT2D eigenvalue weighted by molar-refractivity contribution is -0.124. The SMILES string of the molecule is COCC(=O)NCCCN(C)c1ccccc1. The molecule has 0 spiro atoms. The number of hydrogen-bond acceptors (Lipinski definition) is 3. The summed E-state index contributed by atoms with van der Waals surface area (Å²) in [6, 6.07) is 10.2. The second-order valence-electron chi connectivity index (χ2n) is 3.89. The Hall–Kier alpha value is -1.55. The highest BCUT2D eigenvalue weighted by atomic mass is 16.5. The van der Waals surface area contributed by atoms with Crippen LogP contribution in [0.4, 0.5) is 5.69 Å². The molecule has 4 nitrogen and oxygen atoms in total. The molecule has 17 heavy (non-hydrogen) atoms. The van der Waals surface area contributed by atoms with Gasteiger partial charge in [0.15, 0.2) is 0 Å². The molecule has 0 fully saturated rings. The van der Waals surface area contributed by atoms with Crippen molar-refractivity contribution in [3.63, 3.8) is 0 Å². The smallest absolute Gasteiger partial charge is 0.245 e. The van der Waals surface area contributed by atoms with Gasteiger partial charge in [-0.1, -0.05) is 18.2 Å². The van der Waals surface area contributed by atoms with Gasteiger partial charge in [0, 0.05) is 32.9 Å². The van der Waals surface area contributed by atoms with Crippen molar-refractivity contribution in [1.29, 1.82) is 0 Å². The zero-order valence-corrected chi connectivity index (χ0v) is 10.5. The highest BCUT2D eigenvalue weighted by Crippen LogP contribution is 2.10. The van der Waals surface area contributed by atoms with E-state index in [9.17, 15) is 4.79 Å². The van der Waals surface area contributed by atoms with Crippen molar-refractivity contribution in [2.24, 2.45) is 0 Å². The molecule has 0 aliphatic rings. The minimum Gasteiger partial charge on any atom is -0.375 e. The molecule has 1 rings (SSSR count). The average Bonchev–Trinajstić information content (AvgIpc) is 2.36. The standard InChI is InChI=1S/C13H20N2O2/c1-15(12-7-4-3-5-8-12)10-6-9-14-13(16)11-17-2/h3-5,7-8H,6,9-11H2,1-2H3,(H,14,16). The molecular formula is C13H20N2O2. The van der Waals surface area contributed by atoms with Gasteiger partial charge in [-0.2, -0.15) is 0 Å². The predicted molar refractivity (Wildman–Crippen MR) is 69.2 cm³/mol. The van der Waals surface area contributed by atoms with Gasteiger partial charge in [-0.15, -0.1) is 0 Å². The van der Waals surface area contributed by atoms with E-state index in [0.717, 1.165) is 13.0 Å². The van der Waals surface area contributed by atoms with Crippen molar-refractivity contribution >= 4 is 11.6 Å². The van der Waals surface area contributed by atoms with Crippen molar-refractivity contribution < 1.29 is 9.53 Å². The molecule has 0 aliphatic heterocycles. The highest BCUT2D eigenvalue weighted by molar-refractivity contribution is 5.77. The summed E-state index contributed by atoms with van der Waals surface area (Å²) in [5.41, 5.74) is 1.19. The van der Waals surface area contributed by atoms with Crippen LogP contribution in [-0.2, 0) is 9.53 Å². The number of amides is 1. The summed E-state index contributed by atoms with van der Waals surface area (Å²) in [5, 5.41) is 2.80. The van der Waals surface area contributed by atoms with E-state index >= 15 is 0 Å². The second-order valence-corrected chi connectivity index (χ2v) is 3.89. The number of carbonyl (C=O) groups excluding carboxylic acids is 1. The Balaban J connectivity index is 2.17. The summed E-state index contributed by atoms with van der Waals surface area (Å²) in [7, 11) is 3.56. The van der Waals surface area contributed by atoms with Crippen LogP contribution in [-0.4, -0.2) is 39.8 Å². The summed E-state index contributed by atoms with van der Waals surface area (Å²) < 4.78 is 4.73. The molecule has 0 saturated carbocycles. The lowest BCUT2D eigenvalue weighted by Gasteiger charge is -2.19. The van der Waals surface area contributed by atoms with E-state index in [1.165, 1.54) is 12.8 Å². The molecule has 1 aromatic rings. The molecule has 0 atom stereocenters. The maximum atomic E-state index is 11.1. The Morgan fingerprint density at radius 1 is 1.35 bits per heavy atom. The first-order valence-corrected chi connectivity index (χ1v) is 5.76. The number of nitrogens with zero attached hydrogens (tertiary/aromatic N) is 1. The molecule has 0 bridgehead atoms. The fourth-order valence-electron chi connectivity index (χ4n) is 1.54. The Labute approximate surface area is 103 Å². The molecule has 0 aliphatic carbocycles. The molecule has 0 saturated heterocycles. The van der Waals surface area contributed by atoms with Gasteiger partial charge in [0.05, 0.1) is 0 Å². The number of hydrogen-bond donors (Lipinski definition) is 1. The minimum atomic E-state index is -0.0603. The van der Waals surface area contributed by atoms with Gasteiger partial charge in [-0.3, -0.25) is 4.79 Å². The first-order valence-electron chi connectivity index (χ1n) is 5.76. The van der Waals surface area contributed by atoms with E-state index < -0.39 is 0 Å². The van der Waals surface area contributed by atoms with Crippen LogP contribution in [0.2, 0.25) is 0 Å². The van der Waals surface area contributed by atoms with Crippen LogP contribution in [0.1, 0.15) is 6.42 Å². The Kier molecular flexibility index (Phi) is 6.10. The quantitative estimate of drug-likeness (QED) is 0.725. The third kappa shape index (κ3) is 5.36. The maximum Gasteiger partial charge on any atom is 0.245 e. The summed E-state index contributed by atoms with van der Waals surface area (Å²) in [4.78, 5) is 13.3. The van der Waals surface area contributed by atoms with Crippen molar-refractivity contribution in [2.45, 2.75) is 6.42 Å². The zero-order chi connectivity index (χ0) is 12.5. The van der Waals surface area contributed by atoms with Crippen molar-refractivity contribution in [2.75, 3.05) is 38.8 Å². The van der Waals surface area contributed by atoms with Crippen molar-refractivity contribution in [1.82, 2.24) is 5.32 Å². The van der Waals surface area contributed by atoms with Crippen LogP contribution < -0.4 is 10.2 Å². The minimum absolute atomic E-state index is 0.0603. The van der Waals surface area contributed by atoms with E-state index in [4.69, 9.17) is 4.74 Å². The number of rotatable bonds is 7. The van der Waals surface area contributed by atoms with E-state index in [2.05, 4.69) is 22.3 Å². The first kappa shape index (κ1) is 13.5. The van der Waals surface area contributed by atoms with Gasteiger partial charge in [0.1, 0.15) is 6.61 Å². The maximum absolute atomic E-state index is 11.1. The average molecular weight is 236 g/mol. The van der Waals surface area contributed by atoms with Crippen LogP contribution in [0.3, 0.4) is 0 Å². The molecule has 94 valence electrons. The number of para-hydroxylation sites is 1. The molecule has 0 aromatic heterocycles. The number of ether oxygens (including phenoxy) is 1. The zero-order valence-electron chi connectivity index (χ0n) is 10.5. The molecule has 0 unspecified atom stereocenters. The van der Waals surface area contributed by atoms with Crippen LogP contribution in [0, 0.1) is 0 Å². The van der Waals surface area contributed by atoms with Gasteiger partial charge in [0.25, 0.3) is 0 Å². The van der Waals surface area contributed by atoms with E-state index in [0.29, 0.717) is 6.54 Å². The van der Waals surface area contributed by atoms with Crippen LogP contribution >= 0.6 is 0 Å². The number of benzene rings is 1. The Morgan fingerprint density at radius 2 is 2.06 bits per heavy atom. The number of nitrogens with one attached hydrogen (secondary N) is 1. The topological polar surface area (TPSA) is 41.6 Å². The van der Waals surface area contributed by atoms with E-state index in [-0.39, 0.29) is 12.5 Å². The second kappa shape index (κ2) is 7.68. The highest BCUT2D eigenvalue weighted by Gasteiger charge is 2.01. The normalized spacial score (nSPS) is 10.0. The van der Waals surface area contributed by atoms with E-state index in [1.54, 1.807) is 0 Å². The van der Waals surface area contributed by atoms with Crippen LogP contribution in [0.5, 0.6) is 0 Å². The lowest BCUT2D eigenvalue weighted by atomic mass is 10.3. The fourth-order valence-corrected chi connectivity index (χ4v) is 1.54. The predicted octanol–water partition coefficient (Wildman–Crippen LogP) is 1.28. The Bertz CT molecular complexity index is 327. The van der Waals surface area contributed by atoms with E-state index in [1.807, 2.05) is 25.2 Å². The van der Waals surface area contributed by atoms with Gasteiger partial charge < -0.3 is 15.0 Å². The van der Waals surface area contributed by atoms with Crippen LogP contribution in [0.15, 0.2) is 30.3 Å². The fraction of sp³-hybridized carbons (Fsp3) is 0.462. The summed E-state index contributed by atoms with van der Waals surface area (Å²) in [5.74, 6) is -0.0603. The van der Waals surface area contributed by atoms with Gasteiger partial charge in [-0.05, 0) is 18.6 Å². The van der Waals surface area contributed by atoms with Gasteiger partial charge in [0.2, 0.25) is 5.91 Å². The summed E-state index contributed by atoms with van der Waals surface area (Å²) in [6.45, 7) is 1.73. The molecule has 0 heterocycles. The summed E-state index contributed by atoms with van der Waals surface area (Å²) >= 11 is 0. The van der Waals surface area contributed by atoms with Gasteiger partial charge >= 0.3 is 0 Å². The largest absolute Gasteiger partial charge is 0.375 e. The number of methoxy groups -OCH3 is 1. The molecular weight excluding hydrogens is 216 g/mol. The molecule has 4 heteroatoms. The number of anilines is 1. The van der Waals surface area contributed by atoms with Crippen LogP contribution in [0.25, 0.3) is 0 Å².